The first-order chi connectivity index (χ1) is 9.56. The standard InChI is InChI=1S/C7H9NO3.C7H6O2.H3N/c1-10-5-3-6(9)8-7(4-5)11-2;8-7(9)6-4-2-1-3-5-6;/h3-4H,1-2H3,(H,8,9);1-5H,(H,8,9);1H3. The number of carboxylic acid groups (broad SMARTS) is 1. The smallest absolute Gasteiger partial charge is 0.335 e. The number of aromatic nitrogens is 1. The molecule has 0 aliphatic rings. The minimum absolute atomic E-state index is 0. The predicted octanol–water partition coefficient (Wildman–Crippen LogP) is 1.94. The van der Waals surface area contributed by atoms with E-state index in [0.717, 1.165) is 0 Å². The number of methoxy groups -OCH3 is 2. The van der Waals surface area contributed by atoms with E-state index in [4.69, 9.17) is 14.6 Å². The summed E-state index contributed by atoms with van der Waals surface area (Å²) in [6.45, 7) is 0. The molecular formula is C14H18N2O5. The minimum Gasteiger partial charge on any atom is -0.496 e. The monoisotopic (exact) mass is 294 g/mol. The fourth-order valence-electron chi connectivity index (χ4n) is 1.30. The lowest BCUT2D eigenvalue weighted by atomic mass is 10.2. The SMILES string of the molecule is COc1cc(OC)[nH]c(=O)c1.N.O=C(O)c1ccccc1. The van der Waals surface area contributed by atoms with Crippen molar-refractivity contribution in [1.29, 1.82) is 0 Å². The lowest BCUT2D eigenvalue weighted by Gasteiger charge is -2.01. The van der Waals surface area contributed by atoms with E-state index in [1.807, 2.05) is 0 Å². The molecule has 0 spiro atoms. The molecule has 7 heteroatoms. The van der Waals surface area contributed by atoms with Crippen LogP contribution in [0.15, 0.2) is 47.3 Å². The Kier molecular flexibility index (Phi) is 7.94. The Morgan fingerprint density at radius 3 is 2.14 bits per heavy atom. The highest BCUT2D eigenvalue weighted by Crippen LogP contribution is 2.11. The quantitative estimate of drug-likeness (QED) is 0.794. The molecule has 0 unspecified atom stereocenters. The largest absolute Gasteiger partial charge is 0.496 e. The molecule has 21 heavy (non-hydrogen) atoms. The van der Waals surface area contributed by atoms with Crippen LogP contribution in [0.4, 0.5) is 0 Å². The molecule has 0 aliphatic heterocycles. The highest BCUT2D eigenvalue weighted by molar-refractivity contribution is 5.87. The van der Waals surface area contributed by atoms with Gasteiger partial charge in [0.15, 0.2) is 5.88 Å². The zero-order valence-electron chi connectivity index (χ0n) is 11.8. The van der Waals surface area contributed by atoms with Gasteiger partial charge in [0.05, 0.1) is 19.8 Å². The van der Waals surface area contributed by atoms with Gasteiger partial charge in [0.1, 0.15) is 5.75 Å². The molecule has 2 aromatic rings. The Balaban J connectivity index is 0.000000370. The van der Waals surface area contributed by atoms with Gasteiger partial charge >= 0.3 is 5.97 Å². The van der Waals surface area contributed by atoms with Crippen molar-refractivity contribution in [1.82, 2.24) is 11.1 Å². The Morgan fingerprint density at radius 2 is 1.71 bits per heavy atom. The number of hydrogen-bond acceptors (Lipinski definition) is 5. The van der Waals surface area contributed by atoms with E-state index in [-0.39, 0.29) is 11.7 Å². The van der Waals surface area contributed by atoms with Gasteiger partial charge in [0, 0.05) is 12.1 Å². The average molecular weight is 294 g/mol. The van der Waals surface area contributed by atoms with Gasteiger partial charge < -0.3 is 20.7 Å². The molecule has 1 aromatic heterocycles. The number of H-pyrrole nitrogens is 1. The lowest BCUT2D eigenvalue weighted by molar-refractivity contribution is 0.0697. The highest BCUT2D eigenvalue weighted by atomic mass is 16.5. The number of hydrogen-bond donors (Lipinski definition) is 3. The van der Waals surface area contributed by atoms with Crippen LogP contribution < -0.4 is 21.2 Å². The molecule has 0 amide bonds. The first kappa shape index (κ1) is 18.2. The van der Waals surface area contributed by atoms with Crippen molar-refractivity contribution in [3.8, 4) is 11.6 Å². The summed E-state index contributed by atoms with van der Waals surface area (Å²) in [5, 5.41) is 8.38. The van der Waals surface area contributed by atoms with Gasteiger partial charge in [0.25, 0.3) is 5.56 Å². The summed E-state index contributed by atoms with van der Waals surface area (Å²) in [6, 6.07) is 11.2. The van der Waals surface area contributed by atoms with Gasteiger partial charge in [-0.15, -0.1) is 0 Å². The summed E-state index contributed by atoms with van der Waals surface area (Å²) in [6.07, 6.45) is 0. The molecule has 0 saturated heterocycles. The van der Waals surface area contributed by atoms with Crippen molar-refractivity contribution in [3.63, 3.8) is 0 Å². The number of carbonyl (C=O) groups is 1. The molecule has 0 saturated carbocycles. The third-order valence-corrected chi connectivity index (χ3v) is 2.27. The van der Waals surface area contributed by atoms with E-state index >= 15 is 0 Å². The van der Waals surface area contributed by atoms with Crippen molar-refractivity contribution in [2.75, 3.05) is 14.2 Å². The Bertz CT molecular complexity index is 585. The highest BCUT2D eigenvalue weighted by Gasteiger charge is 1.97. The predicted molar refractivity (Wildman–Crippen MR) is 78.6 cm³/mol. The van der Waals surface area contributed by atoms with Crippen molar-refractivity contribution in [2.45, 2.75) is 0 Å². The van der Waals surface area contributed by atoms with Crippen molar-refractivity contribution in [2.24, 2.45) is 0 Å². The van der Waals surface area contributed by atoms with Crippen LogP contribution in [-0.4, -0.2) is 30.3 Å². The number of carboxylic acids is 1. The van der Waals surface area contributed by atoms with Gasteiger partial charge in [0.2, 0.25) is 0 Å². The maximum Gasteiger partial charge on any atom is 0.335 e. The van der Waals surface area contributed by atoms with Crippen molar-refractivity contribution < 1.29 is 19.4 Å². The summed E-state index contributed by atoms with van der Waals surface area (Å²) in [7, 11) is 2.97. The van der Waals surface area contributed by atoms with E-state index in [2.05, 4.69) is 4.98 Å². The van der Waals surface area contributed by atoms with Crippen LogP contribution in [0.3, 0.4) is 0 Å². The second-order valence-corrected chi connectivity index (χ2v) is 3.62. The van der Waals surface area contributed by atoms with Crippen LogP contribution in [0, 0.1) is 0 Å². The Hall–Kier alpha value is -2.80. The fourth-order valence-corrected chi connectivity index (χ4v) is 1.30. The van der Waals surface area contributed by atoms with Gasteiger partial charge in [-0.1, -0.05) is 18.2 Å². The van der Waals surface area contributed by atoms with E-state index in [1.54, 1.807) is 36.4 Å². The molecule has 5 N–H and O–H groups in total. The molecule has 1 aromatic carbocycles. The zero-order chi connectivity index (χ0) is 15.0. The molecule has 0 fully saturated rings. The van der Waals surface area contributed by atoms with Gasteiger partial charge in [-0.3, -0.25) is 9.78 Å². The number of aromatic amines is 1. The molecule has 1 heterocycles. The summed E-state index contributed by atoms with van der Waals surface area (Å²) in [4.78, 5) is 23.5. The van der Waals surface area contributed by atoms with Gasteiger partial charge in [-0.05, 0) is 12.1 Å². The molecule has 0 atom stereocenters. The molecule has 7 nitrogen and oxygen atoms in total. The lowest BCUT2D eigenvalue weighted by Crippen LogP contribution is -2.05. The molecule has 114 valence electrons. The van der Waals surface area contributed by atoms with Gasteiger partial charge in [-0.25, -0.2) is 4.79 Å². The van der Waals surface area contributed by atoms with E-state index in [9.17, 15) is 9.59 Å². The topological polar surface area (TPSA) is 124 Å². The van der Waals surface area contributed by atoms with Crippen LogP contribution >= 0.6 is 0 Å². The Labute approximate surface area is 121 Å². The summed E-state index contributed by atoms with van der Waals surface area (Å²) >= 11 is 0. The van der Waals surface area contributed by atoms with Crippen LogP contribution in [0.5, 0.6) is 11.6 Å². The number of ether oxygens (including phenoxy) is 2. The average Bonchev–Trinajstić information content (AvgIpc) is 2.48. The minimum atomic E-state index is -0.879. The van der Waals surface area contributed by atoms with E-state index in [1.165, 1.54) is 20.3 Å². The molecule has 0 radical (unpaired) electrons. The maximum atomic E-state index is 10.8. The van der Waals surface area contributed by atoms with E-state index < -0.39 is 5.97 Å². The number of rotatable bonds is 3. The summed E-state index contributed by atoms with van der Waals surface area (Å²) < 4.78 is 9.64. The molecule has 0 bridgehead atoms. The van der Waals surface area contributed by atoms with Crippen LogP contribution in [0.25, 0.3) is 0 Å². The second kappa shape index (κ2) is 9.16. The van der Waals surface area contributed by atoms with Crippen LogP contribution in [-0.2, 0) is 0 Å². The third kappa shape index (κ3) is 6.26. The second-order valence-electron chi connectivity index (χ2n) is 3.62. The number of nitrogens with one attached hydrogen (secondary N) is 1. The molecule has 2 rings (SSSR count). The van der Waals surface area contributed by atoms with Gasteiger partial charge in [-0.2, -0.15) is 0 Å². The van der Waals surface area contributed by atoms with E-state index in [0.29, 0.717) is 17.2 Å². The summed E-state index contributed by atoms with van der Waals surface area (Å²) in [5.41, 5.74) is 0.0960. The third-order valence-electron chi connectivity index (χ3n) is 2.27. The number of pyridine rings is 1. The summed E-state index contributed by atoms with van der Waals surface area (Å²) in [5.74, 6) is 0.00977. The normalized spacial score (nSPS) is 8.67. The molecule has 0 aliphatic carbocycles. The number of aromatic carboxylic acids is 1. The maximum absolute atomic E-state index is 10.8. The Morgan fingerprint density at radius 1 is 1.10 bits per heavy atom. The van der Waals surface area contributed by atoms with Crippen LogP contribution in [0.2, 0.25) is 0 Å². The number of benzene rings is 1. The van der Waals surface area contributed by atoms with Crippen molar-refractivity contribution >= 4 is 5.97 Å². The fraction of sp³-hybridized carbons (Fsp3) is 0.143. The molecular weight excluding hydrogens is 276 g/mol. The van der Waals surface area contributed by atoms with Crippen molar-refractivity contribution in [3.05, 3.63) is 58.4 Å². The first-order valence-corrected chi connectivity index (χ1v) is 5.67. The first-order valence-electron chi connectivity index (χ1n) is 5.67. The van der Waals surface area contributed by atoms with Crippen LogP contribution in [0.1, 0.15) is 10.4 Å². The zero-order valence-corrected chi connectivity index (χ0v) is 11.8.